The molecule has 2 aromatic carbocycles. The third-order valence-corrected chi connectivity index (χ3v) is 5.27. The van der Waals surface area contributed by atoms with E-state index >= 15 is 0 Å². The van der Waals surface area contributed by atoms with Gasteiger partial charge in [0.05, 0.1) is 33.0 Å². The highest BCUT2D eigenvalue weighted by Gasteiger charge is 2.29. The normalized spacial score (nSPS) is 13.4. The van der Waals surface area contributed by atoms with Gasteiger partial charge >= 0.3 is 7.82 Å². The fraction of sp³-hybridized carbons (Fsp3) is 0.524. The highest BCUT2D eigenvalue weighted by molar-refractivity contribution is 7.48. The number of fused-ring (bicyclic) bond motifs is 1. The SMILES string of the molecule is CCCCCOP(=O)(OCCOCCOCC)OOc1cccc2ccccc12. The Hall–Kier alpha value is -1.47. The van der Waals surface area contributed by atoms with Gasteiger partial charge in [-0.2, -0.15) is 0 Å². The van der Waals surface area contributed by atoms with Gasteiger partial charge < -0.3 is 14.4 Å². The third-order valence-electron chi connectivity index (χ3n) is 4.02. The van der Waals surface area contributed by atoms with Gasteiger partial charge in [-0.25, -0.2) is 4.57 Å². The molecule has 0 N–H and O–H groups in total. The van der Waals surface area contributed by atoms with Crippen LogP contribution in [0.3, 0.4) is 0 Å². The molecule has 0 fully saturated rings. The van der Waals surface area contributed by atoms with E-state index in [-0.39, 0.29) is 19.8 Å². The van der Waals surface area contributed by atoms with E-state index in [1.807, 2.05) is 43.3 Å². The number of unbranched alkanes of at least 4 members (excludes halogenated alkanes) is 2. The smallest absolute Gasteiger partial charge is 0.379 e. The summed E-state index contributed by atoms with van der Waals surface area (Å²) in [5.41, 5.74) is 0. The molecule has 1 unspecified atom stereocenters. The lowest BCUT2D eigenvalue weighted by Gasteiger charge is -2.17. The van der Waals surface area contributed by atoms with Crippen molar-refractivity contribution in [2.24, 2.45) is 0 Å². The van der Waals surface area contributed by atoms with Gasteiger partial charge in [-0.05, 0) is 24.8 Å². The van der Waals surface area contributed by atoms with Gasteiger partial charge in [-0.1, -0.05) is 60.8 Å². The largest absolute Gasteiger partial charge is 0.511 e. The predicted octanol–water partition coefficient (Wildman–Crippen LogP) is 5.53. The summed E-state index contributed by atoms with van der Waals surface area (Å²) in [6, 6.07) is 13.2. The summed E-state index contributed by atoms with van der Waals surface area (Å²) in [7, 11) is -3.90. The molecule has 29 heavy (non-hydrogen) atoms. The monoisotopic (exact) mass is 426 g/mol. The van der Waals surface area contributed by atoms with Crippen LogP contribution in [-0.4, -0.2) is 39.6 Å². The first-order chi connectivity index (χ1) is 14.2. The van der Waals surface area contributed by atoms with Gasteiger partial charge in [-0.15, -0.1) is 0 Å². The van der Waals surface area contributed by atoms with Crippen LogP contribution in [0.25, 0.3) is 10.8 Å². The van der Waals surface area contributed by atoms with Crippen LogP contribution in [-0.2, 0) is 27.8 Å². The Balaban J connectivity index is 1.90. The predicted molar refractivity (Wildman–Crippen MR) is 112 cm³/mol. The van der Waals surface area contributed by atoms with Gasteiger partial charge in [0, 0.05) is 12.0 Å². The van der Waals surface area contributed by atoms with Crippen molar-refractivity contribution >= 4 is 18.6 Å². The summed E-state index contributed by atoms with van der Waals surface area (Å²) in [4.78, 5) is 5.38. The average molecular weight is 426 g/mol. The molecular formula is C21H31O7P. The number of benzene rings is 2. The van der Waals surface area contributed by atoms with Gasteiger partial charge in [0.1, 0.15) is 0 Å². The zero-order chi connectivity index (χ0) is 20.8. The van der Waals surface area contributed by atoms with E-state index in [1.165, 1.54) is 0 Å². The van der Waals surface area contributed by atoms with Crippen LogP contribution < -0.4 is 4.89 Å². The van der Waals surface area contributed by atoms with Gasteiger partial charge in [0.25, 0.3) is 0 Å². The molecular weight excluding hydrogens is 395 g/mol. The second-order valence-corrected chi connectivity index (χ2v) is 7.83. The van der Waals surface area contributed by atoms with Crippen molar-refractivity contribution in [3.63, 3.8) is 0 Å². The Morgan fingerprint density at radius 2 is 1.52 bits per heavy atom. The first kappa shape index (κ1) is 23.8. The lowest BCUT2D eigenvalue weighted by Crippen LogP contribution is -2.11. The maximum atomic E-state index is 12.9. The second kappa shape index (κ2) is 13.7. The summed E-state index contributed by atoms with van der Waals surface area (Å²) in [6.45, 7) is 6.13. The van der Waals surface area contributed by atoms with Crippen molar-refractivity contribution in [1.82, 2.24) is 0 Å². The molecule has 0 aliphatic carbocycles. The van der Waals surface area contributed by atoms with E-state index in [0.29, 0.717) is 25.6 Å². The van der Waals surface area contributed by atoms with Crippen LogP contribution in [0.15, 0.2) is 42.5 Å². The van der Waals surface area contributed by atoms with Crippen molar-refractivity contribution in [2.45, 2.75) is 33.1 Å². The van der Waals surface area contributed by atoms with E-state index in [0.717, 1.165) is 30.0 Å². The first-order valence-electron chi connectivity index (χ1n) is 10.1. The lowest BCUT2D eigenvalue weighted by molar-refractivity contribution is -0.132. The van der Waals surface area contributed by atoms with Crippen molar-refractivity contribution in [3.05, 3.63) is 42.5 Å². The molecule has 0 amide bonds. The molecule has 2 rings (SSSR count). The number of phosphoric acid groups is 1. The van der Waals surface area contributed by atoms with Gasteiger partial charge in [-0.3, -0.25) is 9.05 Å². The second-order valence-electron chi connectivity index (χ2n) is 6.27. The minimum Gasteiger partial charge on any atom is -0.379 e. The minimum absolute atomic E-state index is 0.0517. The van der Waals surface area contributed by atoms with Gasteiger partial charge in [0.15, 0.2) is 5.75 Å². The Morgan fingerprint density at radius 1 is 0.793 bits per heavy atom. The standard InChI is InChI=1S/C21H31O7P/c1-3-5-8-14-25-29(22,26-18-17-24-16-15-23-4-2)28-27-21-13-9-11-19-10-6-7-12-20(19)21/h6-7,9-13H,3-5,8,14-18H2,1-2H3. The van der Waals surface area contributed by atoms with Crippen molar-refractivity contribution in [3.8, 4) is 5.75 Å². The molecule has 0 heterocycles. The topological polar surface area (TPSA) is 72.5 Å². The molecule has 0 saturated heterocycles. The molecule has 0 spiro atoms. The summed E-state index contributed by atoms with van der Waals surface area (Å²) in [5, 5.41) is 1.82. The number of hydrogen-bond donors (Lipinski definition) is 0. The highest BCUT2D eigenvalue weighted by atomic mass is 31.2. The van der Waals surface area contributed by atoms with Crippen molar-refractivity contribution < 1.29 is 32.6 Å². The highest BCUT2D eigenvalue weighted by Crippen LogP contribution is 2.50. The fourth-order valence-corrected chi connectivity index (χ4v) is 3.52. The maximum absolute atomic E-state index is 12.9. The van der Waals surface area contributed by atoms with E-state index in [2.05, 4.69) is 6.92 Å². The van der Waals surface area contributed by atoms with Crippen LogP contribution >= 0.6 is 7.82 Å². The summed E-state index contributed by atoms with van der Waals surface area (Å²) >= 11 is 0. The van der Waals surface area contributed by atoms with Gasteiger partial charge in [0.2, 0.25) is 0 Å². The van der Waals surface area contributed by atoms with Crippen LogP contribution in [0.4, 0.5) is 0 Å². The number of hydrogen-bond acceptors (Lipinski definition) is 7. The third kappa shape index (κ3) is 8.83. The summed E-state index contributed by atoms with van der Waals surface area (Å²) in [5.74, 6) is 0.442. The van der Waals surface area contributed by atoms with Crippen molar-refractivity contribution in [1.29, 1.82) is 0 Å². The quantitative estimate of drug-likeness (QED) is 0.151. The molecule has 2 aromatic rings. The Labute approximate surface area is 172 Å². The van der Waals surface area contributed by atoms with Crippen LogP contribution in [0, 0.1) is 0 Å². The van der Waals surface area contributed by atoms with E-state index in [4.69, 9.17) is 28.1 Å². The Kier molecular flexibility index (Phi) is 11.2. The Bertz CT molecular complexity index is 747. The van der Waals surface area contributed by atoms with E-state index < -0.39 is 7.82 Å². The number of phosphoric ester groups is 1. The Morgan fingerprint density at radius 3 is 2.34 bits per heavy atom. The molecule has 0 bridgehead atoms. The number of rotatable bonds is 16. The molecule has 7 nitrogen and oxygen atoms in total. The summed E-state index contributed by atoms with van der Waals surface area (Å²) in [6.07, 6.45) is 2.74. The van der Waals surface area contributed by atoms with Crippen LogP contribution in [0.1, 0.15) is 33.1 Å². The van der Waals surface area contributed by atoms with Crippen molar-refractivity contribution in [2.75, 3.05) is 39.6 Å². The minimum atomic E-state index is -3.90. The average Bonchev–Trinajstić information content (AvgIpc) is 2.75. The van der Waals surface area contributed by atoms with E-state index in [1.54, 1.807) is 6.07 Å². The lowest BCUT2D eigenvalue weighted by atomic mass is 10.1. The molecule has 0 saturated carbocycles. The van der Waals surface area contributed by atoms with Crippen LogP contribution in [0.5, 0.6) is 5.75 Å². The maximum Gasteiger partial charge on any atom is 0.511 e. The zero-order valence-corrected chi connectivity index (χ0v) is 18.1. The summed E-state index contributed by atoms with van der Waals surface area (Å²) < 4.78 is 39.5. The molecule has 8 heteroatoms. The molecule has 0 aliphatic heterocycles. The molecule has 162 valence electrons. The first-order valence-corrected chi connectivity index (χ1v) is 11.5. The fourth-order valence-electron chi connectivity index (χ4n) is 2.54. The number of ether oxygens (including phenoxy) is 2. The van der Waals surface area contributed by atoms with Crippen LogP contribution in [0.2, 0.25) is 0 Å². The molecule has 0 aliphatic rings. The molecule has 1 atom stereocenters. The van der Waals surface area contributed by atoms with E-state index in [9.17, 15) is 4.57 Å². The molecule has 0 radical (unpaired) electrons. The molecule has 0 aromatic heterocycles. The zero-order valence-electron chi connectivity index (χ0n) is 17.2.